The quantitative estimate of drug-likeness (QED) is 0.833. The molecule has 1 aliphatic heterocycles. The molecule has 1 aromatic rings. The number of hydrogen-bond acceptors (Lipinski definition) is 2. The fraction of sp³-hybridized carbons (Fsp3) is 0.250. The van der Waals surface area contributed by atoms with Crippen LogP contribution in [0.3, 0.4) is 0 Å². The maximum absolute atomic E-state index is 11.0. The first-order valence-corrected chi connectivity index (χ1v) is 6.32. The van der Waals surface area contributed by atoms with Crippen LogP contribution in [-0.4, -0.2) is 16.3 Å². The summed E-state index contributed by atoms with van der Waals surface area (Å²) in [5.74, 6) is -0.557. The first kappa shape index (κ1) is 10.2. The lowest BCUT2D eigenvalue weighted by Crippen LogP contribution is -2.22. The second-order valence-electron chi connectivity index (χ2n) is 4.02. The Morgan fingerprint density at radius 3 is 3.06 bits per heavy atom. The fourth-order valence-electron chi connectivity index (χ4n) is 2.36. The lowest BCUT2D eigenvalue weighted by atomic mass is 9.95. The Balaban J connectivity index is 2.11. The van der Waals surface area contributed by atoms with Gasteiger partial charge in [-0.15, -0.1) is 11.8 Å². The molecule has 1 heterocycles. The third-order valence-corrected chi connectivity index (χ3v) is 4.67. The van der Waals surface area contributed by atoms with Crippen LogP contribution in [0.5, 0.6) is 0 Å². The molecule has 2 aliphatic rings. The van der Waals surface area contributed by atoms with Crippen molar-refractivity contribution in [2.24, 2.45) is 0 Å². The molecule has 0 saturated heterocycles. The van der Waals surface area contributed by atoms with Crippen LogP contribution < -0.4 is 0 Å². The summed E-state index contributed by atoms with van der Waals surface area (Å²) in [6, 6.07) is 5.91. The highest BCUT2D eigenvalue weighted by Crippen LogP contribution is 2.50. The highest BCUT2D eigenvalue weighted by molar-refractivity contribution is 8.00. The molecule has 0 amide bonds. The van der Waals surface area contributed by atoms with Crippen LogP contribution in [-0.2, 0) is 4.79 Å². The van der Waals surface area contributed by atoms with Crippen LogP contribution in [0.25, 0.3) is 5.03 Å². The Morgan fingerprint density at radius 2 is 2.31 bits per heavy atom. The molecule has 2 unspecified atom stereocenters. The van der Waals surface area contributed by atoms with Crippen LogP contribution in [0.2, 0.25) is 0 Å². The van der Waals surface area contributed by atoms with Crippen molar-refractivity contribution in [3.05, 3.63) is 35.4 Å². The Bertz CT molecular complexity index is 510. The monoisotopic (exact) mass is 252 g/mol. The maximum atomic E-state index is 11.0. The summed E-state index contributed by atoms with van der Waals surface area (Å²) in [6.45, 7) is 0. The SMILES string of the molecule is O=C(O)C1CC2C=C(Cl)c3cccc(c32)S1. The minimum atomic E-state index is -0.738. The van der Waals surface area contributed by atoms with E-state index >= 15 is 0 Å². The Hall–Kier alpha value is -0.930. The second-order valence-corrected chi connectivity index (χ2v) is 5.67. The van der Waals surface area contributed by atoms with Crippen molar-refractivity contribution in [3.8, 4) is 0 Å². The number of carboxylic acids is 1. The van der Waals surface area contributed by atoms with E-state index < -0.39 is 5.97 Å². The summed E-state index contributed by atoms with van der Waals surface area (Å²) in [6.07, 6.45) is 2.62. The smallest absolute Gasteiger partial charge is 0.317 e. The van der Waals surface area contributed by atoms with Crippen molar-refractivity contribution in [3.63, 3.8) is 0 Å². The van der Waals surface area contributed by atoms with E-state index in [2.05, 4.69) is 0 Å². The number of benzene rings is 1. The van der Waals surface area contributed by atoms with E-state index in [1.165, 1.54) is 17.3 Å². The van der Waals surface area contributed by atoms with Gasteiger partial charge in [-0.3, -0.25) is 4.79 Å². The molecule has 16 heavy (non-hydrogen) atoms. The predicted molar refractivity (Wildman–Crippen MR) is 64.9 cm³/mol. The molecular weight excluding hydrogens is 244 g/mol. The van der Waals surface area contributed by atoms with E-state index in [4.69, 9.17) is 16.7 Å². The molecule has 1 N–H and O–H groups in total. The van der Waals surface area contributed by atoms with Crippen molar-refractivity contribution in [2.45, 2.75) is 22.5 Å². The van der Waals surface area contributed by atoms with Crippen molar-refractivity contribution < 1.29 is 9.90 Å². The topological polar surface area (TPSA) is 37.3 Å². The lowest BCUT2D eigenvalue weighted by molar-refractivity contribution is -0.136. The summed E-state index contributed by atoms with van der Waals surface area (Å²) in [5.41, 5.74) is 2.29. The number of carboxylic acid groups (broad SMARTS) is 1. The first-order chi connectivity index (χ1) is 7.66. The van der Waals surface area contributed by atoms with Gasteiger partial charge in [0.1, 0.15) is 5.25 Å². The molecule has 82 valence electrons. The summed E-state index contributed by atoms with van der Waals surface area (Å²) in [7, 11) is 0. The average Bonchev–Trinajstić information content (AvgIpc) is 2.58. The third kappa shape index (κ3) is 1.39. The standard InChI is InChI=1S/C12H9ClO2S/c13-8-4-6-5-10(12(14)15)16-9-3-1-2-7(8)11(6)9/h1-4,6,10H,5H2,(H,14,15). The van der Waals surface area contributed by atoms with E-state index in [1.807, 2.05) is 24.3 Å². The Kier molecular flexibility index (Phi) is 2.26. The van der Waals surface area contributed by atoms with Gasteiger partial charge in [-0.1, -0.05) is 29.8 Å². The van der Waals surface area contributed by atoms with Gasteiger partial charge in [-0.05, 0) is 23.6 Å². The van der Waals surface area contributed by atoms with Crippen molar-refractivity contribution in [1.82, 2.24) is 0 Å². The van der Waals surface area contributed by atoms with Gasteiger partial charge in [-0.25, -0.2) is 0 Å². The van der Waals surface area contributed by atoms with Crippen LogP contribution in [0.15, 0.2) is 29.2 Å². The van der Waals surface area contributed by atoms with Gasteiger partial charge in [0.2, 0.25) is 0 Å². The molecule has 4 heteroatoms. The predicted octanol–water partition coefficient (Wildman–Crippen LogP) is 3.31. The minimum Gasteiger partial charge on any atom is -0.480 e. The Labute approximate surface area is 102 Å². The zero-order valence-corrected chi connectivity index (χ0v) is 9.89. The molecule has 0 saturated carbocycles. The van der Waals surface area contributed by atoms with Crippen LogP contribution in [0.4, 0.5) is 0 Å². The van der Waals surface area contributed by atoms with Crippen molar-refractivity contribution in [1.29, 1.82) is 0 Å². The van der Waals surface area contributed by atoms with Gasteiger partial charge < -0.3 is 5.11 Å². The van der Waals surface area contributed by atoms with Crippen LogP contribution in [0, 0.1) is 0 Å². The van der Waals surface area contributed by atoms with Gasteiger partial charge >= 0.3 is 5.97 Å². The number of rotatable bonds is 1. The molecule has 0 spiro atoms. The number of halogens is 1. The summed E-state index contributed by atoms with van der Waals surface area (Å²) >= 11 is 7.58. The van der Waals surface area contributed by atoms with E-state index in [-0.39, 0.29) is 11.2 Å². The largest absolute Gasteiger partial charge is 0.480 e. The highest BCUT2D eigenvalue weighted by Gasteiger charge is 2.35. The summed E-state index contributed by atoms with van der Waals surface area (Å²) < 4.78 is 0. The van der Waals surface area contributed by atoms with Crippen LogP contribution >= 0.6 is 23.4 Å². The maximum Gasteiger partial charge on any atom is 0.317 e. The fourth-order valence-corrected chi connectivity index (χ4v) is 3.93. The molecule has 1 aliphatic carbocycles. The average molecular weight is 253 g/mol. The van der Waals surface area contributed by atoms with Gasteiger partial charge in [0.25, 0.3) is 0 Å². The molecule has 0 radical (unpaired) electrons. The molecule has 0 aromatic heterocycles. The van der Waals surface area contributed by atoms with E-state index in [0.717, 1.165) is 15.5 Å². The van der Waals surface area contributed by atoms with Crippen molar-refractivity contribution >= 4 is 34.4 Å². The zero-order chi connectivity index (χ0) is 11.3. The number of thioether (sulfide) groups is 1. The van der Waals surface area contributed by atoms with Gasteiger partial charge in [-0.2, -0.15) is 0 Å². The lowest BCUT2D eigenvalue weighted by Gasteiger charge is -2.25. The van der Waals surface area contributed by atoms with E-state index in [0.29, 0.717) is 6.42 Å². The van der Waals surface area contributed by atoms with Gasteiger partial charge in [0.15, 0.2) is 0 Å². The zero-order valence-electron chi connectivity index (χ0n) is 8.31. The minimum absolute atomic E-state index is 0.182. The summed E-state index contributed by atoms with van der Waals surface area (Å²) in [4.78, 5) is 12.1. The normalized spacial score (nSPS) is 26.2. The van der Waals surface area contributed by atoms with Crippen LogP contribution in [0.1, 0.15) is 23.5 Å². The molecule has 2 nitrogen and oxygen atoms in total. The molecule has 1 aromatic carbocycles. The number of allylic oxidation sites excluding steroid dienone is 1. The number of carbonyl (C=O) groups is 1. The summed E-state index contributed by atoms with van der Waals surface area (Å²) in [5, 5.41) is 9.49. The molecule has 0 bridgehead atoms. The molecule has 2 atom stereocenters. The van der Waals surface area contributed by atoms with Crippen molar-refractivity contribution in [2.75, 3.05) is 0 Å². The molecule has 0 fully saturated rings. The number of aliphatic carboxylic acids is 1. The molecular formula is C12H9ClO2S. The van der Waals surface area contributed by atoms with E-state index in [1.54, 1.807) is 0 Å². The number of hydrogen-bond donors (Lipinski definition) is 1. The third-order valence-electron chi connectivity index (χ3n) is 3.05. The van der Waals surface area contributed by atoms with Gasteiger partial charge in [0.05, 0.1) is 0 Å². The Morgan fingerprint density at radius 1 is 1.50 bits per heavy atom. The highest BCUT2D eigenvalue weighted by atomic mass is 35.5. The van der Waals surface area contributed by atoms with E-state index in [9.17, 15) is 4.79 Å². The van der Waals surface area contributed by atoms with Gasteiger partial charge in [0, 0.05) is 15.8 Å². The first-order valence-electron chi connectivity index (χ1n) is 5.07. The molecule has 3 rings (SSSR count). The second kappa shape index (κ2) is 3.54.